The summed E-state index contributed by atoms with van der Waals surface area (Å²) in [6, 6.07) is 8.38. The number of hydrogen-bond acceptors (Lipinski definition) is 3. The molecule has 1 aromatic carbocycles. The van der Waals surface area contributed by atoms with Crippen LogP contribution in [0.5, 0.6) is 0 Å². The number of hydrogen-bond donors (Lipinski definition) is 0. The van der Waals surface area contributed by atoms with Gasteiger partial charge in [0.2, 0.25) is 0 Å². The Balaban J connectivity index is 1.50. The van der Waals surface area contributed by atoms with E-state index >= 15 is 0 Å². The van der Waals surface area contributed by atoms with Crippen LogP contribution in [0.3, 0.4) is 0 Å². The standard InChI is InChI=1S/C19H23BrO3/c20-15-6-4-13(5-7-15)17-9-16(22-10-12-2-1-3-12)8-14-11-23-19(21)18(14)17/h4-7,12,14,16-18H,1-3,8-11H2. The van der Waals surface area contributed by atoms with Gasteiger partial charge in [0.25, 0.3) is 0 Å². The van der Waals surface area contributed by atoms with Crippen LogP contribution in [0.4, 0.5) is 0 Å². The second-order valence-corrected chi connectivity index (χ2v) is 8.21. The molecule has 2 saturated carbocycles. The Kier molecular flexibility index (Phi) is 4.46. The molecule has 3 aliphatic rings. The summed E-state index contributed by atoms with van der Waals surface area (Å²) in [5, 5.41) is 0. The number of esters is 1. The molecule has 1 saturated heterocycles. The fourth-order valence-electron chi connectivity index (χ4n) is 4.27. The lowest BCUT2D eigenvalue weighted by Crippen LogP contribution is -2.37. The number of benzene rings is 1. The van der Waals surface area contributed by atoms with Gasteiger partial charge < -0.3 is 9.47 Å². The highest BCUT2D eigenvalue weighted by Crippen LogP contribution is 2.46. The van der Waals surface area contributed by atoms with Gasteiger partial charge in [-0.1, -0.05) is 34.5 Å². The van der Waals surface area contributed by atoms with Gasteiger partial charge in [0.05, 0.1) is 18.6 Å². The van der Waals surface area contributed by atoms with E-state index < -0.39 is 0 Å². The summed E-state index contributed by atoms with van der Waals surface area (Å²) in [6.45, 7) is 1.46. The third-order valence-electron chi connectivity index (χ3n) is 5.83. The fourth-order valence-corrected chi connectivity index (χ4v) is 4.54. The molecule has 2 aliphatic carbocycles. The van der Waals surface area contributed by atoms with Crippen molar-refractivity contribution in [1.82, 2.24) is 0 Å². The Morgan fingerprint density at radius 2 is 1.96 bits per heavy atom. The van der Waals surface area contributed by atoms with Crippen molar-refractivity contribution in [2.75, 3.05) is 13.2 Å². The van der Waals surface area contributed by atoms with Crippen molar-refractivity contribution in [2.45, 2.75) is 44.1 Å². The maximum atomic E-state index is 12.2. The fraction of sp³-hybridized carbons (Fsp3) is 0.632. The first-order chi connectivity index (χ1) is 11.2. The molecule has 1 aliphatic heterocycles. The molecule has 0 bridgehead atoms. The third-order valence-corrected chi connectivity index (χ3v) is 6.35. The van der Waals surface area contributed by atoms with E-state index in [-0.39, 0.29) is 23.9 Å². The third kappa shape index (κ3) is 3.20. The van der Waals surface area contributed by atoms with Crippen LogP contribution in [0.25, 0.3) is 0 Å². The molecular weight excluding hydrogens is 356 g/mol. The Hall–Kier alpha value is -0.870. The summed E-state index contributed by atoms with van der Waals surface area (Å²) in [7, 11) is 0. The lowest BCUT2D eigenvalue weighted by molar-refractivity contribution is -0.142. The number of rotatable bonds is 4. The maximum absolute atomic E-state index is 12.2. The van der Waals surface area contributed by atoms with Gasteiger partial charge in [-0.25, -0.2) is 0 Å². The molecule has 0 spiro atoms. The van der Waals surface area contributed by atoms with E-state index in [9.17, 15) is 4.79 Å². The highest BCUT2D eigenvalue weighted by molar-refractivity contribution is 9.10. The van der Waals surface area contributed by atoms with E-state index in [0.717, 1.165) is 29.8 Å². The summed E-state index contributed by atoms with van der Waals surface area (Å²) >= 11 is 3.49. The second kappa shape index (κ2) is 6.56. The molecule has 1 heterocycles. The summed E-state index contributed by atoms with van der Waals surface area (Å²) in [5.74, 6) is 1.31. The van der Waals surface area contributed by atoms with E-state index in [1.807, 2.05) is 0 Å². The van der Waals surface area contributed by atoms with E-state index in [0.29, 0.717) is 12.5 Å². The molecule has 124 valence electrons. The number of halogens is 1. The highest BCUT2D eigenvalue weighted by Gasteiger charge is 2.48. The quantitative estimate of drug-likeness (QED) is 0.732. The minimum Gasteiger partial charge on any atom is -0.465 e. The van der Waals surface area contributed by atoms with E-state index in [4.69, 9.17) is 9.47 Å². The number of carbonyl (C=O) groups excluding carboxylic acids is 1. The van der Waals surface area contributed by atoms with Crippen LogP contribution >= 0.6 is 15.9 Å². The number of cyclic esters (lactones) is 1. The topological polar surface area (TPSA) is 35.5 Å². The van der Waals surface area contributed by atoms with Gasteiger partial charge in [0.15, 0.2) is 0 Å². The van der Waals surface area contributed by atoms with E-state index in [1.54, 1.807) is 0 Å². The first-order valence-corrected chi connectivity index (χ1v) is 9.53. The predicted molar refractivity (Wildman–Crippen MR) is 91.1 cm³/mol. The zero-order chi connectivity index (χ0) is 15.8. The molecule has 3 nitrogen and oxygen atoms in total. The van der Waals surface area contributed by atoms with Gasteiger partial charge in [-0.05, 0) is 49.3 Å². The van der Waals surface area contributed by atoms with Crippen molar-refractivity contribution in [3.8, 4) is 0 Å². The van der Waals surface area contributed by atoms with Gasteiger partial charge in [-0.3, -0.25) is 4.79 Å². The van der Waals surface area contributed by atoms with Gasteiger partial charge in [-0.15, -0.1) is 0 Å². The zero-order valence-corrected chi connectivity index (χ0v) is 14.8. The van der Waals surface area contributed by atoms with Crippen LogP contribution in [-0.2, 0) is 14.3 Å². The highest BCUT2D eigenvalue weighted by atomic mass is 79.9. The number of fused-ring (bicyclic) bond motifs is 1. The van der Waals surface area contributed by atoms with E-state index in [1.165, 1.54) is 24.8 Å². The molecule has 4 rings (SSSR count). The second-order valence-electron chi connectivity index (χ2n) is 7.30. The van der Waals surface area contributed by atoms with Gasteiger partial charge in [0, 0.05) is 22.9 Å². The molecule has 4 unspecified atom stereocenters. The van der Waals surface area contributed by atoms with Gasteiger partial charge >= 0.3 is 5.97 Å². The Morgan fingerprint density at radius 3 is 2.65 bits per heavy atom. The molecule has 0 aromatic heterocycles. The molecule has 4 heteroatoms. The summed E-state index contributed by atoms with van der Waals surface area (Å²) in [6.07, 6.45) is 6.15. The predicted octanol–water partition coefficient (Wildman–Crippen LogP) is 4.30. The van der Waals surface area contributed by atoms with Crippen molar-refractivity contribution in [1.29, 1.82) is 0 Å². The number of carbonyl (C=O) groups is 1. The van der Waals surface area contributed by atoms with Crippen molar-refractivity contribution < 1.29 is 14.3 Å². The van der Waals surface area contributed by atoms with Crippen molar-refractivity contribution in [2.24, 2.45) is 17.8 Å². The normalized spacial score (nSPS) is 33.9. The first kappa shape index (κ1) is 15.6. The monoisotopic (exact) mass is 378 g/mol. The van der Waals surface area contributed by atoms with Gasteiger partial charge in [-0.2, -0.15) is 0 Å². The van der Waals surface area contributed by atoms with Crippen LogP contribution in [0.1, 0.15) is 43.6 Å². The lowest BCUT2D eigenvalue weighted by Gasteiger charge is -2.37. The minimum atomic E-state index is -0.0136. The molecule has 3 fully saturated rings. The molecule has 0 radical (unpaired) electrons. The van der Waals surface area contributed by atoms with Crippen molar-refractivity contribution in [3.05, 3.63) is 34.3 Å². The Bertz CT molecular complexity index is 566. The van der Waals surface area contributed by atoms with Crippen LogP contribution in [0.15, 0.2) is 28.7 Å². The first-order valence-electron chi connectivity index (χ1n) is 8.74. The van der Waals surface area contributed by atoms with Crippen LogP contribution in [0, 0.1) is 17.8 Å². The average Bonchev–Trinajstić information content (AvgIpc) is 2.87. The molecule has 1 aromatic rings. The van der Waals surface area contributed by atoms with E-state index in [2.05, 4.69) is 40.2 Å². The maximum Gasteiger partial charge on any atom is 0.309 e. The summed E-state index contributed by atoms with van der Waals surface area (Å²) < 4.78 is 12.7. The van der Waals surface area contributed by atoms with Crippen LogP contribution < -0.4 is 0 Å². The Labute approximate surface area is 145 Å². The number of ether oxygens (including phenoxy) is 2. The minimum absolute atomic E-state index is 0.0136. The smallest absolute Gasteiger partial charge is 0.309 e. The average molecular weight is 379 g/mol. The lowest BCUT2D eigenvalue weighted by atomic mass is 9.69. The van der Waals surface area contributed by atoms with Gasteiger partial charge in [0.1, 0.15) is 0 Å². The van der Waals surface area contributed by atoms with Crippen molar-refractivity contribution in [3.63, 3.8) is 0 Å². The molecular formula is C19H23BrO3. The van der Waals surface area contributed by atoms with Crippen LogP contribution in [0.2, 0.25) is 0 Å². The molecule has 0 amide bonds. The Morgan fingerprint density at radius 1 is 1.17 bits per heavy atom. The van der Waals surface area contributed by atoms with Crippen molar-refractivity contribution >= 4 is 21.9 Å². The summed E-state index contributed by atoms with van der Waals surface area (Å²) in [5.41, 5.74) is 1.24. The zero-order valence-electron chi connectivity index (χ0n) is 13.2. The largest absolute Gasteiger partial charge is 0.465 e. The molecule has 0 N–H and O–H groups in total. The van der Waals surface area contributed by atoms with Crippen LogP contribution in [-0.4, -0.2) is 25.3 Å². The molecule has 23 heavy (non-hydrogen) atoms. The summed E-state index contributed by atoms with van der Waals surface area (Å²) in [4.78, 5) is 12.2. The molecule has 4 atom stereocenters. The SMILES string of the molecule is O=C1OCC2CC(OCC3CCC3)CC(c3ccc(Br)cc3)C12.